The highest BCUT2D eigenvalue weighted by Gasteiger charge is 2.14. The van der Waals surface area contributed by atoms with E-state index < -0.39 is 5.97 Å². The maximum Gasteiger partial charge on any atom is 0.593 e. The minimum absolute atomic E-state index is 0.125. The summed E-state index contributed by atoms with van der Waals surface area (Å²) in [5, 5.41) is 1.74. The Morgan fingerprint density at radius 3 is 2.75 bits per heavy atom. The number of nitrogens with zero attached hydrogens (tertiary/aromatic N) is 1. The summed E-state index contributed by atoms with van der Waals surface area (Å²) in [4.78, 5) is 10.5. The summed E-state index contributed by atoms with van der Waals surface area (Å²) < 4.78 is 9.49. The van der Waals surface area contributed by atoms with Crippen molar-refractivity contribution in [2.24, 2.45) is 5.73 Å². The summed E-state index contributed by atoms with van der Waals surface area (Å²) >= 11 is 0. The molecule has 0 aliphatic carbocycles. The lowest BCUT2D eigenvalue weighted by Crippen LogP contribution is -2.27. The molecule has 0 unspecified atom stereocenters. The van der Waals surface area contributed by atoms with Crippen molar-refractivity contribution in [3.63, 3.8) is 0 Å². The zero-order chi connectivity index (χ0) is 8.81. The SMILES string of the molecule is NCC(=O)O[B]ON1CCCC1. The van der Waals surface area contributed by atoms with Gasteiger partial charge in [-0.3, -0.25) is 4.79 Å². The number of hydroxylamine groups is 2. The van der Waals surface area contributed by atoms with Crippen molar-refractivity contribution in [3.8, 4) is 0 Å². The minimum atomic E-state index is -0.491. The van der Waals surface area contributed by atoms with Gasteiger partial charge in [0, 0.05) is 13.1 Å². The molecule has 0 atom stereocenters. The van der Waals surface area contributed by atoms with Crippen molar-refractivity contribution >= 4 is 13.7 Å². The topological polar surface area (TPSA) is 64.8 Å². The second-order valence-corrected chi connectivity index (χ2v) is 2.53. The molecule has 6 heteroatoms. The maximum absolute atomic E-state index is 10.5. The summed E-state index contributed by atoms with van der Waals surface area (Å²) in [6.45, 7) is 1.65. The average Bonchev–Trinajstić information content (AvgIpc) is 2.57. The van der Waals surface area contributed by atoms with E-state index in [-0.39, 0.29) is 6.54 Å². The van der Waals surface area contributed by atoms with Crippen LogP contribution in [0.5, 0.6) is 0 Å². The van der Waals surface area contributed by atoms with Crippen LogP contribution in [0.3, 0.4) is 0 Å². The molecule has 1 aliphatic rings. The lowest BCUT2D eigenvalue weighted by Gasteiger charge is -2.12. The fourth-order valence-electron chi connectivity index (χ4n) is 0.978. The van der Waals surface area contributed by atoms with Crippen LogP contribution in [0, 0.1) is 0 Å². The van der Waals surface area contributed by atoms with Crippen LogP contribution in [0.15, 0.2) is 0 Å². The molecule has 1 radical (unpaired) electrons. The van der Waals surface area contributed by atoms with E-state index in [4.69, 9.17) is 10.5 Å². The summed E-state index contributed by atoms with van der Waals surface area (Å²) in [5.41, 5.74) is 5.00. The van der Waals surface area contributed by atoms with Crippen LogP contribution < -0.4 is 5.73 Å². The normalized spacial score (nSPS) is 17.8. The molecule has 2 N–H and O–H groups in total. The molecule has 1 fully saturated rings. The zero-order valence-electron chi connectivity index (χ0n) is 6.86. The second-order valence-electron chi connectivity index (χ2n) is 2.53. The predicted molar refractivity (Wildman–Crippen MR) is 42.8 cm³/mol. The Balaban J connectivity index is 1.97. The predicted octanol–water partition coefficient (Wildman–Crippen LogP) is -0.950. The third kappa shape index (κ3) is 3.21. The van der Waals surface area contributed by atoms with Gasteiger partial charge in [-0.2, -0.15) is 0 Å². The Hall–Kier alpha value is -0.585. The van der Waals surface area contributed by atoms with E-state index in [1.165, 1.54) is 0 Å². The third-order valence-corrected chi connectivity index (χ3v) is 1.60. The van der Waals surface area contributed by atoms with E-state index in [0.29, 0.717) is 0 Å². The van der Waals surface area contributed by atoms with Gasteiger partial charge in [-0.15, -0.1) is 0 Å². The van der Waals surface area contributed by atoms with Gasteiger partial charge >= 0.3 is 13.7 Å². The summed E-state index contributed by atoms with van der Waals surface area (Å²) in [5.74, 6) is -0.491. The number of nitrogens with two attached hydrogens (primary N) is 1. The quantitative estimate of drug-likeness (QED) is 0.552. The molecule has 67 valence electrons. The molecule has 5 nitrogen and oxygen atoms in total. The van der Waals surface area contributed by atoms with Gasteiger partial charge in [-0.1, -0.05) is 0 Å². The zero-order valence-corrected chi connectivity index (χ0v) is 6.86. The summed E-state index contributed by atoms with van der Waals surface area (Å²) in [6, 6.07) is 0. The molecule has 1 aliphatic heterocycles. The molecule has 0 aromatic carbocycles. The van der Waals surface area contributed by atoms with Gasteiger partial charge in [0.15, 0.2) is 0 Å². The number of hydrogen-bond donors (Lipinski definition) is 1. The second kappa shape index (κ2) is 5.13. The minimum Gasteiger partial charge on any atom is -0.509 e. The van der Waals surface area contributed by atoms with E-state index in [0.717, 1.165) is 33.6 Å². The van der Waals surface area contributed by atoms with E-state index in [2.05, 4.69) is 4.65 Å². The first-order valence-electron chi connectivity index (χ1n) is 3.96. The molecule has 12 heavy (non-hydrogen) atoms. The van der Waals surface area contributed by atoms with Gasteiger partial charge in [-0.25, -0.2) is 5.06 Å². The molecule has 0 spiro atoms. The highest BCUT2D eigenvalue weighted by atomic mass is 16.7. The van der Waals surface area contributed by atoms with Crippen LogP contribution in [-0.2, 0) is 14.2 Å². The fourth-order valence-corrected chi connectivity index (χ4v) is 0.978. The number of hydrogen-bond acceptors (Lipinski definition) is 5. The van der Waals surface area contributed by atoms with Crippen LogP contribution in [0.1, 0.15) is 12.8 Å². The van der Waals surface area contributed by atoms with E-state index in [9.17, 15) is 4.79 Å². The third-order valence-electron chi connectivity index (χ3n) is 1.60. The standard InChI is InChI=1S/C6H12BN2O3/c8-5-6(10)11-7-12-9-3-1-2-4-9/h1-5,8H2. The maximum atomic E-state index is 10.5. The van der Waals surface area contributed by atoms with Crippen LogP contribution >= 0.6 is 0 Å². The number of carbonyl (C=O) groups excluding carboxylic acids is 1. The Kier molecular flexibility index (Phi) is 4.06. The van der Waals surface area contributed by atoms with Gasteiger partial charge in [0.2, 0.25) is 0 Å². The van der Waals surface area contributed by atoms with E-state index >= 15 is 0 Å². The number of rotatable bonds is 4. The highest BCUT2D eigenvalue weighted by Crippen LogP contribution is 2.06. The van der Waals surface area contributed by atoms with E-state index in [1.54, 1.807) is 5.06 Å². The molecule has 0 amide bonds. The lowest BCUT2D eigenvalue weighted by molar-refractivity contribution is -0.136. The van der Waals surface area contributed by atoms with Gasteiger partial charge < -0.3 is 15.1 Å². The molecule has 1 saturated heterocycles. The fraction of sp³-hybridized carbons (Fsp3) is 0.833. The molecular weight excluding hydrogens is 159 g/mol. The van der Waals surface area contributed by atoms with Crippen LogP contribution in [0.25, 0.3) is 0 Å². The van der Waals surface area contributed by atoms with Crippen molar-refractivity contribution in [3.05, 3.63) is 0 Å². The van der Waals surface area contributed by atoms with Crippen molar-refractivity contribution in [1.82, 2.24) is 5.06 Å². The number of carbonyl (C=O) groups is 1. The molecule has 0 aromatic heterocycles. The Labute approximate surface area is 72.1 Å². The Morgan fingerprint density at radius 1 is 1.50 bits per heavy atom. The summed E-state index contributed by atoms with van der Waals surface area (Å²) in [6.07, 6.45) is 2.25. The Morgan fingerprint density at radius 2 is 2.17 bits per heavy atom. The molecule has 0 saturated carbocycles. The van der Waals surface area contributed by atoms with Crippen LogP contribution in [0.4, 0.5) is 0 Å². The van der Waals surface area contributed by atoms with Crippen molar-refractivity contribution in [2.45, 2.75) is 12.8 Å². The van der Waals surface area contributed by atoms with Gasteiger partial charge in [0.25, 0.3) is 0 Å². The smallest absolute Gasteiger partial charge is 0.509 e. The van der Waals surface area contributed by atoms with Crippen LogP contribution in [-0.4, -0.2) is 38.4 Å². The molecular formula is C6H12BN2O3. The van der Waals surface area contributed by atoms with Gasteiger partial charge in [0.05, 0.1) is 6.54 Å². The van der Waals surface area contributed by atoms with Gasteiger partial charge in [-0.05, 0) is 12.8 Å². The largest absolute Gasteiger partial charge is 0.593 e. The first kappa shape index (κ1) is 9.50. The first-order valence-corrected chi connectivity index (χ1v) is 3.96. The average molecular weight is 171 g/mol. The molecule has 1 rings (SSSR count). The lowest BCUT2D eigenvalue weighted by atomic mass is 10.4. The molecule has 1 heterocycles. The van der Waals surface area contributed by atoms with Crippen molar-refractivity contribution in [2.75, 3.05) is 19.6 Å². The highest BCUT2D eigenvalue weighted by molar-refractivity contribution is 6.22. The molecule has 0 bridgehead atoms. The van der Waals surface area contributed by atoms with Crippen molar-refractivity contribution in [1.29, 1.82) is 0 Å². The van der Waals surface area contributed by atoms with Crippen molar-refractivity contribution < 1.29 is 14.2 Å². The van der Waals surface area contributed by atoms with Gasteiger partial charge in [0.1, 0.15) is 0 Å². The Bertz CT molecular complexity index is 150. The molecule has 0 aromatic rings. The summed E-state index contributed by atoms with van der Waals surface area (Å²) in [7, 11) is 1.03. The van der Waals surface area contributed by atoms with Crippen LogP contribution in [0.2, 0.25) is 0 Å². The van der Waals surface area contributed by atoms with E-state index in [1.807, 2.05) is 0 Å². The first-order chi connectivity index (χ1) is 5.83. The monoisotopic (exact) mass is 171 g/mol.